The maximum atomic E-state index is 13.1. The van der Waals surface area contributed by atoms with Crippen molar-refractivity contribution in [2.45, 2.75) is 25.2 Å². The molecule has 0 amide bonds. The molecular weight excluding hydrogens is 214 g/mol. The van der Waals surface area contributed by atoms with Gasteiger partial charge in [0, 0.05) is 12.5 Å². The SMILES string of the molecule is CC(F)(F)c1cccc(C2CC2C(=O)O)c1. The van der Waals surface area contributed by atoms with Crippen LogP contribution in [0.25, 0.3) is 0 Å². The fourth-order valence-electron chi connectivity index (χ4n) is 1.88. The van der Waals surface area contributed by atoms with E-state index in [1.165, 1.54) is 12.1 Å². The Morgan fingerprint density at radius 3 is 2.69 bits per heavy atom. The van der Waals surface area contributed by atoms with E-state index in [-0.39, 0.29) is 11.5 Å². The molecule has 0 heterocycles. The lowest BCUT2D eigenvalue weighted by atomic mass is 10.0. The molecule has 1 N–H and O–H groups in total. The van der Waals surface area contributed by atoms with Crippen LogP contribution >= 0.6 is 0 Å². The topological polar surface area (TPSA) is 37.3 Å². The Hall–Kier alpha value is -1.45. The minimum Gasteiger partial charge on any atom is -0.481 e. The summed E-state index contributed by atoms with van der Waals surface area (Å²) >= 11 is 0. The van der Waals surface area contributed by atoms with Gasteiger partial charge >= 0.3 is 5.97 Å². The van der Waals surface area contributed by atoms with E-state index in [1.54, 1.807) is 12.1 Å². The zero-order valence-corrected chi connectivity index (χ0v) is 8.78. The van der Waals surface area contributed by atoms with E-state index in [4.69, 9.17) is 5.11 Å². The molecule has 2 unspecified atom stereocenters. The zero-order chi connectivity index (χ0) is 11.9. The molecule has 4 heteroatoms. The molecule has 0 radical (unpaired) electrons. The third-order valence-electron chi connectivity index (χ3n) is 2.93. The molecule has 1 saturated carbocycles. The smallest absolute Gasteiger partial charge is 0.307 e. The number of rotatable bonds is 3. The summed E-state index contributed by atoms with van der Waals surface area (Å²) in [5.41, 5.74) is 0.646. The van der Waals surface area contributed by atoms with E-state index in [1.807, 2.05) is 0 Å². The molecule has 1 aromatic carbocycles. The van der Waals surface area contributed by atoms with Gasteiger partial charge < -0.3 is 5.11 Å². The first kappa shape index (κ1) is 11.0. The largest absolute Gasteiger partial charge is 0.481 e. The minimum absolute atomic E-state index is 0.0546. The van der Waals surface area contributed by atoms with Crippen LogP contribution in [0.3, 0.4) is 0 Å². The van der Waals surface area contributed by atoms with Crippen molar-refractivity contribution >= 4 is 5.97 Å². The van der Waals surface area contributed by atoms with E-state index in [9.17, 15) is 13.6 Å². The van der Waals surface area contributed by atoms with Gasteiger partial charge in [0.05, 0.1) is 5.92 Å². The van der Waals surface area contributed by atoms with Crippen molar-refractivity contribution in [1.29, 1.82) is 0 Å². The fourth-order valence-corrected chi connectivity index (χ4v) is 1.88. The van der Waals surface area contributed by atoms with Crippen LogP contribution in [-0.4, -0.2) is 11.1 Å². The summed E-state index contributed by atoms with van der Waals surface area (Å²) in [6, 6.07) is 6.04. The Bertz CT molecular complexity index is 423. The number of alkyl halides is 2. The van der Waals surface area contributed by atoms with Crippen molar-refractivity contribution in [3.05, 3.63) is 35.4 Å². The molecule has 2 nitrogen and oxygen atoms in total. The number of hydrogen-bond acceptors (Lipinski definition) is 1. The van der Waals surface area contributed by atoms with Gasteiger partial charge in [-0.05, 0) is 24.0 Å². The van der Waals surface area contributed by atoms with Crippen LogP contribution in [0.4, 0.5) is 8.78 Å². The maximum absolute atomic E-state index is 13.1. The number of halogens is 2. The fraction of sp³-hybridized carbons (Fsp3) is 0.417. The van der Waals surface area contributed by atoms with Gasteiger partial charge in [0.15, 0.2) is 0 Å². The third kappa shape index (κ3) is 2.05. The number of benzene rings is 1. The molecule has 1 aliphatic rings. The Labute approximate surface area is 91.9 Å². The van der Waals surface area contributed by atoms with Crippen LogP contribution in [0, 0.1) is 5.92 Å². The lowest BCUT2D eigenvalue weighted by molar-refractivity contribution is -0.138. The molecule has 2 atom stereocenters. The van der Waals surface area contributed by atoms with Crippen molar-refractivity contribution in [3.63, 3.8) is 0 Å². The van der Waals surface area contributed by atoms with E-state index in [0.29, 0.717) is 12.0 Å². The molecule has 1 aromatic rings. The maximum Gasteiger partial charge on any atom is 0.307 e. The molecule has 1 fully saturated rings. The Morgan fingerprint density at radius 2 is 2.19 bits per heavy atom. The number of carbonyl (C=O) groups is 1. The van der Waals surface area contributed by atoms with E-state index < -0.39 is 17.8 Å². The summed E-state index contributed by atoms with van der Waals surface area (Å²) in [5.74, 6) is -4.22. The first-order valence-electron chi connectivity index (χ1n) is 5.10. The normalized spacial score (nSPS) is 24.2. The van der Waals surface area contributed by atoms with Crippen molar-refractivity contribution in [2.75, 3.05) is 0 Å². The number of hydrogen-bond donors (Lipinski definition) is 1. The molecule has 0 bridgehead atoms. The highest BCUT2D eigenvalue weighted by Gasteiger charge is 2.44. The van der Waals surface area contributed by atoms with Crippen LogP contribution in [0.5, 0.6) is 0 Å². The van der Waals surface area contributed by atoms with E-state index in [2.05, 4.69) is 0 Å². The van der Waals surface area contributed by atoms with E-state index in [0.717, 1.165) is 6.92 Å². The van der Waals surface area contributed by atoms with Crippen LogP contribution in [0.1, 0.15) is 30.4 Å². The summed E-state index contributed by atoms with van der Waals surface area (Å²) in [6.07, 6.45) is 0.550. The second-order valence-corrected chi connectivity index (χ2v) is 4.30. The van der Waals surface area contributed by atoms with Crippen LogP contribution < -0.4 is 0 Å². The second kappa shape index (κ2) is 3.54. The van der Waals surface area contributed by atoms with Gasteiger partial charge in [0.1, 0.15) is 0 Å². The second-order valence-electron chi connectivity index (χ2n) is 4.30. The summed E-state index contributed by atoms with van der Waals surface area (Å²) in [4.78, 5) is 10.7. The van der Waals surface area contributed by atoms with Gasteiger partial charge in [-0.15, -0.1) is 0 Å². The molecule has 0 saturated heterocycles. The Balaban J connectivity index is 2.22. The van der Waals surface area contributed by atoms with Crippen LogP contribution in [-0.2, 0) is 10.7 Å². The van der Waals surface area contributed by atoms with Gasteiger partial charge in [-0.1, -0.05) is 18.2 Å². The van der Waals surface area contributed by atoms with Crippen molar-refractivity contribution in [1.82, 2.24) is 0 Å². The lowest BCUT2D eigenvalue weighted by Gasteiger charge is -2.11. The molecule has 2 rings (SSSR count). The first-order valence-corrected chi connectivity index (χ1v) is 5.10. The lowest BCUT2D eigenvalue weighted by Crippen LogP contribution is -2.07. The highest BCUT2D eigenvalue weighted by Crippen LogP contribution is 2.48. The van der Waals surface area contributed by atoms with Gasteiger partial charge in [-0.3, -0.25) is 4.79 Å². The highest BCUT2D eigenvalue weighted by molar-refractivity contribution is 5.75. The number of aliphatic carboxylic acids is 1. The van der Waals surface area contributed by atoms with Gasteiger partial charge in [0.2, 0.25) is 0 Å². The summed E-state index contributed by atoms with van der Waals surface area (Å²) < 4.78 is 26.1. The molecule has 0 aromatic heterocycles. The van der Waals surface area contributed by atoms with Gasteiger partial charge in [0.25, 0.3) is 5.92 Å². The van der Waals surface area contributed by atoms with Crippen molar-refractivity contribution < 1.29 is 18.7 Å². The number of carboxylic acid groups (broad SMARTS) is 1. The molecule has 0 spiro atoms. The van der Waals surface area contributed by atoms with Gasteiger partial charge in [-0.25, -0.2) is 8.78 Å². The van der Waals surface area contributed by atoms with Crippen molar-refractivity contribution in [3.8, 4) is 0 Å². The summed E-state index contributed by atoms with van der Waals surface area (Å²) in [6.45, 7) is 0.841. The highest BCUT2D eigenvalue weighted by atomic mass is 19.3. The molecule has 16 heavy (non-hydrogen) atoms. The predicted molar refractivity (Wildman–Crippen MR) is 54.5 cm³/mol. The quantitative estimate of drug-likeness (QED) is 0.860. The standard InChI is InChI=1S/C12H12F2O2/c1-12(13,14)8-4-2-3-7(5-8)9-6-10(9)11(15)16/h2-5,9-10H,6H2,1H3,(H,15,16). The average Bonchev–Trinajstić information content (AvgIpc) is 2.96. The van der Waals surface area contributed by atoms with Crippen LogP contribution in [0.2, 0.25) is 0 Å². The molecule has 86 valence electrons. The van der Waals surface area contributed by atoms with Crippen LogP contribution in [0.15, 0.2) is 24.3 Å². The van der Waals surface area contributed by atoms with Gasteiger partial charge in [-0.2, -0.15) is 0 Å². The average molecular weight is 226 g/mol. The molecule has 1 aliphatic carbocycles. The summed E-state index contributed by atoms with van der Waals surface area (Å²) in [7, 11) is 0. The first-order chi connectivity index (χ1) is 7.39. The van der Waals surface area contributed by atoms with Crippen molar-refractivity contribution in [2.24, 2.45) is 5.92 Å². The Morgan fingerprint density at radius 1 is 1.50 bits per heavy atom. The third-order valence-corrected chi connectivity index (χ3v) is 2.93. The summed E-state index contributed by atoms with van der Waals surface area (Å²) in [5, 5.41) is 8.77. The Kier molecular flexibility index (Phi) is 2.45. The molecule has 0 aliphatic heterocycles. The molecular formula is C12H12F2O2. The zero-order valence-electron chi connectivity index (χ0n) is 8.78. The monoisotopic (exact) mass is 226 g/mol. The number of carboxylic acids is 1. The minimum atomic E-state index is -2.87. The van der Waals surface area contributed by atoms with E-state index >= 15 is 0 Å². The predicted octanol–water partition coefficient (Wildman–Crippen LogP) is 2.99.